The first-order valence-corrected chi connectivity index (χ1v) is 9.21. The van der Waals surface area contributed by atoms with Crippen molar-refractivity contribution in [2.75, 3.05) is 0 Å². The molecule has 138 valence electrons. The van der Waals surface area contributed by atoms with Crippen molar-refractivity contribution in [2.45, 2.75) is 38.8 Å². The average Bonchev–Trinajstić information content (AvgIpc) is 2.60. The van der Waals surface area contributed by atoms with Gasteiger partial charge < -0.3 is 10.6 Å². The van der Waals surface area contributed by atoms with Gasteiger partial charge in [-0.2, -0.15) is 0 Å². The van der Waals surface area contributed by atoms with E-state index in [1.807, 2.05) is 44.2 Å². The van der Waals surface area contributed by atoms with Gasteiger partial charge in [0.2, 0.25) is 11.8 Å². The Kier molecular flexibility index (Phi) is 7.49. The van der Waals surface area contributed by atoms with Crippen molar-refractivity contribution >= 4 is 35.0 Å². The normalized spacial score (nSPS) is 12.9. The number of hydrogen-bond donors (Lipinski definition) is 2. The molecule has 4 nitrogen and oxygen atoms in total. The quantitative estimate of drug-likeness (QED) is 0.708. The maximum absolute atomic E-state index is 12.1. The first-order valence-electron chi connectivity index (χ1n) is 8.45. The molecule has 0 heterocycles. The van der Waals surface area contributed by atoms with Crippen molar-refractivity contribution in [1.82, 2.24) is 10.6 Å². The van der Waals surface area contributed by atoms with Crippen LogP contribution in [0.25, 0.3) is 0 Å². The Bertz CT molecular complexity index is 766. The maximum atomic E-state index is 12.1. The summed E-state index contributed by atoms with van der Waals surface area (Å²) < 4.78 is 0. The summed E-state index contributed by atoms with van der Waals surface area (Å²) in [7, 11) is 0. The molecular formula is C20H22Cl2N2O2. The van der Waals surface area contributed by atoms with E-state index in [1.54, 1.807) is 18.2 Å². The lowest BCUT2D eigenvalue weighted by molar-refractivity contribution is -0.127. The van der Waals surface area contributed by atoms with E-state index < -0.39 is 0 Å². The molecular weight excluding hydrogens is 371 g/mol. The highest BCUT2D eigenvalue weighted by atomic mass is 35.5. The molecule has 0 aliphatic carbocycles. The standard InChI is InChI=1S/C20H22Cl2N2O2/c1-13(15-6-4-3-5-7-15)23-19(25)10-11-20(26)24-14(2)17-9-8-16(21)12-18(17)22/h3-9,12-14H,10-11H2,1-2H3,(H,23,25)(H,24,26)/t13-,14-/m1/s1. The molecule has 0 aliphatic rings. The van der Waals surface area contributed by atoms with Crippen molar-refractivity contribution in [3.63, 3.8) is 0 Å². The van der Waals surface area contributed by atoms with Crippen molar-refractivity contribution in [3.05, 3.63) is 69.7 Å². The van der Waals surface area contributed by atoms with Crippen LogP contribution < -0.4 is 10.6 Å². The SMILES string of the molecule is C[C@@H](NC(=O)CCC(=O)N[C@H](C)c1ccc(Cl)cc1Cl)c1ccccc1. The number of benzene rings is 2. The van der Waals surface area contributed by atoms with Gasteiger partial charge in [-0.05, 0) is 37.1 Å². The Morgan fingerprint density at radius 3 is 2.04 bits per heavy atom. The Labute approximate surface area is 163 Å². The van der Waals surface area contributed by atoms with E-state index >= 15 is 0 Å². The predicted molar refractivity (Wildman–Crippen MR) is 105 cm³/mol. The molecule has 0 aliphatic heterocycles. The van der Waals surface area contributed by atoms with Crippen LogP contribution in [0.4, 0.5) is 0 Å². The monoisotopic (exact) mass is 392 g/mol. The van der Waals surface area contributed by atoms with E-state index in [9.17, 15) is 9.59 Å². The molecule has 2 aromatic rings. The van der Waals surface area contributed by atoms with Gasteiger partial charge in [-0.15, -0.1) is 0 Å². The van der Waals surface area contributed by atoms with Crippen LogP contribution in [0.5, 0.6) is 0 Å². The summed E-state index contributed by atoms with van der Waals surface area (Å²) in [6.45, 7) is 3.75. The van der Waals surface area contributed by atoms with Gasteiger partial charge in [-0.25, -0.2) is 0 Å². The molecule has 2 amide bonds. The highest BCUT2D eigenvalue weighted by Gasteiger charge is 2.15. The second-order valence-electron chi connectivity index (χ2n) is 6.15. The molecule has 0 unspecified atom stereocenters. The fraction of sp³-hybridized carbons (Fsp3) is 0.300. The summed E-state index contributed by atoms with van der Waals surface area (Å²) in [5, 5.41) is 6.79. The maximum Gasteiger partial charge on any atom is 0.220 e. The predicted octanol–water partition coefficient (Wildman–Crippen LogP) is 4.83. The molecule has 0 saturated carbocycles. The van der Waals surface area contributed by atoms with Crippen LogP contribution >= 0.6 is 23.2 Å². The Hall–Kier alpha value is -2.04. The summed E-state index contributed by atoms with van der Waals surface area (Å²) in [6.07, 6.45) is 0.243. The molecule has 0 bridgehead atoms. The fourth-order valence-electron chi connectivity index (χ4n) is 2.61. The van der Waals surface area contributed by atoms with Crippen LogP contribution in [0.2, 0.25) is 10.0 Å². The summed E-state index contributed by atoms with van der Waals surface area (Å²) in [5.41, 5.74) is 1.81. The summed E-state index contributed by atoms with van der Waals surface area (Å²) in [5.74, 6) is -0.361. The zero-order valence-electron chi connectivity index (χ0n) is 14.8. The van der Waals surface area contributed by atoms with Crippen LogP contribution in [0.3, 0.4) is 0 Å². The topological polar surface area (TPSA) is 58.2 Å². The molecule has 0 saturated heterocycles. The van der Waals surface area contributed by atoms with Crippen molar-refractivity contribution in [1.29, 1.82) is 0 Å². The minimum absolute atomic E-state index is 0.0986. The average molecular weight is 393 g/mol. The first-order chi connectivity index (χ1) is 12.4. The molecule has 2 atom stereocenters. The molecule has 0 spiro atoms. The Balaban J connectivity index is 1.79. The van der Waals surface area contributed by atoms with E-state index in [4.69, 9.17) is 23.2 Å². The number of carbonyl (C=O) groups excluding carboxylic acids is 2. The number of nitrogens with one attached hydrogen (secondary N) is 2. The molecule has 2 rings (SSSR count). The van der Waals surface area contributed by atoms with Gasteiger partial charge in [0.25, 0.3) is 0 Å². The smallest absolute Gasteiger partial charge is 0.220 e. The number of halogens is 2. The summed E-state index contributed by atoms with van der Waals surface area (Å²) in [6, 6.07) is 14.5. The lowest BCUT2D eigenvalue weighted by Crippen LogP contribution is -2.30. The lowest BCUT2D eigenvalue weighted by Gasteiger charge is -2.17. The largest absolute Gasteiger partial charge is 0.350 e. The van der Waals surface area contributed by atoms with E-state index in [0.29, 0.717) is 10.0 Å². The molecule has 26 heavy (non-hydrogen) atoms. The van der Waals surface area contributed by atoms with Crippen molar-refractivity contribution in [2.24, 2.45) is 0 Å². The molecule has 6 heteroatoms. The fourth-order valence-corrected chi connectivity index (χ4v) is 3.18. The molecule has 0 fully saturated rings. The third-order valence-corrected chi connectivity index (χ3v) is 4.63. The zero-order chi connectivity index (χ0) is 19.1. The third kappa shape index (κ3) is 6.04. The van der Waals surface area contributed by atoms with Crippen LogP contribution in [-0.4, -0.2) is 11.8 Å². The highest BCUT2D eigenvalue weighted by Crippen LogP contribution is 2.26. The number of amides is 2. The van der Waals surface area contributed by atoms with Crippen LogP contribution in [0, 0.1) is 0 Å². The van der Waals surface area contributed by atoms with Gasteiger partial charge in [0, 0.05) is 22.9 Å². The van der Waals surface area contributed by atoms with Crippen molar-refractivity contribution < 1.29 is 9.59 Å². The van der Waals surface area contributed by atoms with Gasteiger partial charge in [0.05, 0.1) is 12.1 Å². The van der Waals surface area contributed by atoms with Gasteiger partial charge >= 0.3 is 0 Å². The number of hydrogen-bond acceptors (Lipinski definition) is 2. The molecule has 2 N–H and O–H groups in total. The van der Waals surface area contributed by atoms with Gasteiger partial charge in [-0.1, -0.05) is 59.6 Å². The Morgan fingerprint density at radius 2 is 1.46 bits per heavy atom. The first kappa shape index (κ1) is 20.3. The van der Waals surface area contributed by atoms with Crippen LogP contribution in [-0.2, 0) is 9.59 Å². The summed E-state index contributed by atoms with van der Waals surface area (Å²) in [4.78, 5) is 24.2. The number of carbonyl (C=O) groups is 2. The van der Waals surface area contributed by atoms with Gasteiger partial charge in [-0.3, -0.25) is 9.59 Å². The van der Waals surface area contributed by atoms with Crippen molar-refractivity contribution in [3.8, 4) is 0 Å². The second-order valence-corrected chi connectivity index (χ2v) is 7.00. The highest BCUT2D eigenvalue weighted by molar-refractivity contribution is 6.35. The molecule has 0 aromatic heterocycles. The molecule has 2 aromatic carbocycles. The van der Waals surface area contributed by atoms with Crippen LogP contribution in [0.1, 0.15) is 49.9 Å². The Morgan fingerprint density at radius 1 is 0.885 bits per heavy atom. The lowest BCUT2D eigenvalue weighted by atomic mass is 10.1. The van der Waals surface area contributed by atoms with Gasteiger partial charge in [0.15, 0.2) is 0 Å². The summed E-state index contributed by atoms with van der Waals surface area (Å²) >= 11 is 12.0. The molecule has 0 radical (unpaired) electrons. The number of rotatable bonds is 7. The van der Waals surface area contributed by atoms with E-state index in [1.165, 1.54) is 0 Å². The van der Waals surface area contributed by atoms with E-state index in [0.717, 1.165) is 11.1 Å². The zero-order valence-corrected chi connectivity index (χ0v) is 16.3. The minimum Gasteiger partial charge on any atom is -0.350 e. The van der Waals surface area contributed by atoms with E-state index in [2.05, 4.69) is 10.6 Å². The second kappa shape index (κ2) is 9.60. The third-order valence-electron chi connectivity index (χ3n) is 4.06. The van der Waals surface area contributed by atoms with Crippen LogP contribution in [0.15, 0.2) is 48.5 Å². The van der Waals surface area contributed by atoms with E-state index in [-0.39, 0.29) is 36.7 Å². The van der Waals surface area contributed by atoms with Gasteiger partial charge in [0.1, 0.15) is 0 Å². The minimum atomic E-state index is -0.265.